The van der Waals surface area contributed by atoms with Crippen molar-refractivity contribution in [1.82, 2.24) is 0 Å². The Labute approximate surface area is 110 Å². The van der Waals surface area contributed by atoms with Crippen LogP contribution in [0.25, 0.3) is 0 Å². The predicted octanol–water partition coefficient (Wildman–Crippen LogP) is 2.62. The number of hydrogen-bond acceptors (Lipinski definition) is 4. The van der Waals surface area contributed by atoms with Crippen molar-refractivity contribution in [1.29, 1.82) is 0 Å². The van der Waals surface area contributed by atoms with Crippen LogP contribution in [0.4, 0.5) is 21.5 Å². The molecule has 2 unspecified atom stereocenters. The van der Waals surface area contributed by atoms with E-state index in [4.69, 9.17) is 27.8 Å². The molecule has 6 heteroatoms. The minimum absolute atomic E-state index is 0.0477. The summed E-state index contributed by atoms with van der Waals surface area (Å²) in [5.74, 6) is -0.601. The zero-order valence-electron chi connectivity index (χ0n) is 10.2. The van der Waals surface area contributed by atoms with E-state index in [0.29, 0.717) is 0 Å². The van der Waals surface area contributed by atoms with Gasteiger partial charge >= 0.3 is 0 Å². The minimum atomic E-state index is -0.601. The van der Waals surface area contributed by atoms with E-state index in [1.165, 1.54) is 6.07 Å². The third kappa shape index (κ3) is 2.33. The first-order chi connectivity index (χ1) is 8.54. The fraction of sp³-hybridized carbons (Fsp3) is 0.500. The highest BCUT2D eigenvalue weighted by atomic mass is 35.5. The van der Waals surface area contributed by atoms with Gasteiger partial charge in [-0.25, -0.2) is 4.39 Å². The third-order valence-corrected chi connectivity index (χ3v) is 3.73. The van der Waals surface area contributed by atoms with Crippen LogP contribution in [0.5, 0.6) is 0 Å². The molecule has 0 bridgehead atoms. The van der Waals surface area contributed by atoms with Crippen molar-refractivity contribution >= 4 is 28.7 Å². The maximum absolute atomic E-state index is 14.0. The molecule has 0 aromatic heterocycles. The lowest BCUT2D eigenvalue weighted by Crippen LogP contribution is -2.30. The number of nitrogens with one attached hydrogen (secondary N) is 1. The second kappa shape index (κ2) is 5.20. The molecule has 1 aromatic carbocycles. The van der Waals surface area contributed by atoms with Gasteiger partial charge in [0, 0.05) is 7.11 Å². The lowest BCUT2D eigenvalue weighted by Gasteiger charge is -2.22. The molecule has 1 fully saturated rings. The molecule has 0 aliphatic heterocycles. The van der Waals surface area contributed by atoms with Crippen LogP contribution < -0.4 is 16.8 Å². The average Bonchev–Trinajstić information content (AvgIpc) is 2.79. The van der Waals surface area contributed by atoms with E-state index in [-0.39, 0.29) is 34.2 Å². The maximum atomic E-state index is 14.0. The first kappa shape index (κ1) is 13.2. The second-order valence-electron chi connectivity index (χ2n) is 4.51. The van der Waals surface area contributed by atoms with Crippen LogP contribution in [0.3, 0.4) is 0 Å². The Bertz CT molecular complexity index is 455. The summed E-state index contributed by atoms with van der Waals surface area (Å²) in [5, 5.41) is 2.98. The minimum Gasteiger partial charge on any atom is -0.397 e. The number of anilines is 3. The van der Waals surface area contributed by atoms with Gasteiger partial charge in [0.25, 0.3) is 0 Å². The summed E-state index contributed by atoms with van der Waals surface area (Å²) in [4.78, 5) is 0. The molecule has 0 saturated heterocycles. The normalized spacial score (nSPS) is 23.3. The molecule has 1 aliphatic rings. The van der Waals surface area contributed by atoms with Gasteiger partial charge in [0.15, 0.2) is 5.82 Å². The summed E-state index contributed by atoms with van der Waals surface area (Å²) >= 11 is 5.78. The average molecular weight is 274 g/mol. The van der Waals surface area contributed by atoms with Crippen molar-refractivity contribution < 1.29 is 9.13 Å². The third-order valence-electron chi connectivity index (χ3n) is 3.35. The zero-order chi connectivity index (χ0) is 13.3. The molecule has 100 valence electrons. The zero-order valence-corrected chi connectivity index (χ0v) is 10.9. The van der Waals surface area contributed by atoms with Crippen molar-refractivity contribution in [3.8, 4) is 0 Å². The van der Waals surface area contributed by atoms with Gasteiger partial charge in [-0.15, -0.1) is 0 Å². The van der Waals surface area contributed by atoms with Gasteiger partial charge in [-0.2, -0.15) is 0 Å². The molecule has 1 aromatic rings. The Kier molecular flexibility index (Phi) is 3.82. The monoisotopic (exact) mass is 273 g/mol. The Morgan fingerprint density at radius 1 is 1.39 bits per heavy atom. The summed E-state index contributed by atoms with van der Waals surface area (Å²) < 4.78 is 19.4. The fourth-order valence-electron chi connectivity index (χ4n) is 2.37. The topological polar surface area (TPSA) is 73.3 Å². The van der Waals surface area contributed by atoms with Gasteiger partial charge in [-0.1, -0.05) is 11.6 Å². The SMILES string of the molecule is COC1CCCC1Nc1c(N)cc(N)c(Cl)c1F. The summed E-state index contributed by atoms with van der Waals surface area (Å²) in [6, 6.07) is 1.51. The van der Waals surface area contributed by atoms with Crippen LogP contribution in [-0.2, 0) is 4.74 Å². The molecule has 1 aliphatic carbocycles. The highest BCUT2D eigenvalue weighted by Gasteiger charge is 2.28. The van der Waals surface area contributed by atoms with E-state index in [0.717, 1.165) is 19.3 Å². The van der Waals surface area contributed by atoms with Crippen molar-refractivity contribution in [3.05, 3.63) is 16.9 Å². The summed E-state index contributed by atoms with van der Waals surface area (Å²) in [6.07, 6.45) is 2.98. The molecule has 1 saturated carbocycles. The van der Waals surface area contributed by atoms with Crippen molar-refractivity contribution in [2.24, 2.45) is 0 Å². The van der Waals surface area contributed by atoms with Crippen LogP contribution in [0.1, 0.15) is 19.3 Å². The largest absolute Gasteiger partial charge is 0.397 e. The van der Waals surface area contributed by atoms with Gasteiger partial charge < -0.3 is 21.5 Å². The quantitative estimate of drug-likeness (QED) is 0.740. The van der Waals surface area contributed by atoms with E-state index in [1.54, 1.807) is 7.11 Å². The molecule has 0 spiro atoms. The molecular weight excluding hydrogens is 257 g/mol. The van der Waals surface area contributed by atoms with Crippen LogP contribution in [0.2, 0.25) is 5.02 Å². The van der Waals surface area contributed by atoms with Gasteiger partial charge in [0.05, 0.1) is 29.2 Å². The highest BCUT2D eigenvalue weighted by Crippen LogP contribution is 2.36. The van der Waals surface area contributed by atoms with Crippen molar-refractivity contribution in [2.75, 3.05) is 23.9 Å². The van der Waals surface area contributed by atoms with E-state index in [1.807, 2.05) is 0 Å². The summed E-state index contributed by atoms with van der Waals surface area (Å²) in [5.41, 5.74) is 11.9. The van der Waals surface area contributed by atoms with E-state index in [2.05, 4.69) is 5.32 Å². The molecule has 2 rings (SSSR count). The number of methoxy groups -OCH3 is 1. The van der Waals surface area contributed by atoms with Crippen molar-refractivity contribution in [3.63, 3.8) is 0 Å². The summed E-state index contributed by atoms with van der Waals surface area (Å²) in [7, 11) is 1.65. The molecular formula is C12H17ClFN3O. The molecule has 4 nitrogen and oxygen atoms in total. The number of nitrogens with two attached hydrogens (primary N) is 2. The fourth-order valence-corrected chi connectivity index (χ4v) is 2.52. The number of nitrogen functional groups attached to an aromatic ring is 2. The second-order valence-corrected chi connectivity index (χ2v) is 4.89. The first-order valence-corrected chi connectivity index (χ1v) is 6.24. The number of hydrogen-bond donors (Lipinski definition) is 3. The molecule has 0 amide bonds. The Morgan fingerprint density at radius 2 is 2.11 bits per heavy atom. The van der Waals surface area contributed by atoms with Crippen molar-refractivity contribution in [2.45, 2.75) is 31.4 Å². The van der Waals surface area contributed by atoms with Gasteiger partial charge in [-0.05, 0) is 25.3 Å². The van der Waals surface area contributed by atoms with Gasteiger partial charge in [0.1, 0.15) is 5.02 Å². The molecule has 5 N–H and O–H groups in total. The lowest BCUT2D eigenvalue weighted by atomic mass is 10.1. The van der Waals surface area contributed by atoms with E-state index < -0.39 is 5.82 Å². The lowest BCUT2D eigenvalue weighted by molar-refractivity contribution is 0.101. The first-order valence-electron chi connectivity index (χ1n) is 5.87. The van der Waals surface area contributed by atoms with Gasteiger partial charge in [0.2, 0.25) is 0 Å². The Balaban J connectivity index is 2.26. The number of halogens is 2. The molecule has 0 heterocycles. The van der Waals surface area contributed by atoms with E-state index >= 15 is 0 Å². The molecule has 18 heavy (non-hydrogen) atoms. The number of ether oxygens (including phenoxy) is 1. The Morgan fingerprint density at radius 3 is 2.78 bits per heavy atom. The standard InChI is InChI=1S/C12H17ClFN3O/c1-18-9-4-2-3-8(9)17-12-7(16)5-6(15)10(13)11(12)14/h5,8-9,17H,2-4,15-16H2,1H3. The van der Waals surface area contributed by atoms with Gasteiger partial charge in [-0.3, -0.25) is 0 Å². The summed E-state index contributed by atoms with van der Waals surface area (Å²) in [6.45, 7) is 0. The number of rotatable bonds is 3. The maximum Gasteiger partial charge on any atom is 0.169 e. The molecule has 0 radical (unpaired) electrons. The van der Waals surface area contributed by atoms with Crippen LogP contribution in [0, 0.1) is 5.82 Å². The molecule has 2 atom stereocenters. The smallest absolute Gasteiger partial charge is 0.169 e. The van der Waals surface area contributed by atoms with E-state index in [9.17, 15) is 4.39 Å². The Hall–Kier alpha value is -1.20. The van der Waals surface area contributed by atoms with Crippen LogP contribution in [0.15, 0.2) is 6.07 Å². The number of benzene rings is 1. The van der Waals surface area contributed by atoms with Crippen LogP contribution >= 0.6 is 11.6 Å². The highest BCUT2D eigenvalue weighted by molar-refractivity contribution is 6.33. The predicted molar refractivity (Wildman–Crippen MR) is 72.3 cm³/mol. The van der Waals surface area contributed by atoms with Crippen LogP contribution in [-0.4, -0.2) is 19.3 Å².